The van der Waals surface area contributed by atoms with Crippen LogP contribution in [0.1, 0.15) is 42.4 Å². The fraction of sp³-hybridized carbons (Fsp3) is 0.417. The maximum atomic E-state index is 12.8. The minimum atomic E-state index is -4.38. The zero-order valence-corrected chi connectivity index (χ0v) is 19.1. The van der Waals surface area contributed by atoms with Gasteiger partial charge in [0.25, 0.3) is 0 Å². The van der Waals surface area contributed by atoms with E-state index in [9.17, 15) is 27.9 Å². The van der Waals surface area contributed by atoms with E-state index in [4.69, 9.17) is 11.6 Å². The van der Waals surface area contributed by atoms with Gasteiger partial charge in [-0.1, -0.05) is 23.7 Å². The van der Waals surface area contributed by atoms with Crippen molar-refractivity contribution in [1.29, 1.82) is 0 Å². The van der Waals surface area contributed by atoms with Crippen LogP contribution in [0, 0.1) is 0 Å². The van der Waals surface area contributed by atoms with Crippen molar-refractivity contribution in [2.24, 2.45) is 0 Å². The standard InChI is InChI=1S/C24H25ClF3N3O3/c25-19-13-18(29-22(32)20-5-1-2-11-31(20)23(33)34)12-16-4-3-10-30(21(16)19)14-15-6-8-17(9-7-15)24(26,27)28/h6-9,12-13,20H,1-5,10-11,14H2,(H,29,32)(H,33,34)/t20-/m1/s1. The van der Waals surface area contributed by atoms with Gasteiger partial charge in [0.15, 0.2) is 0 Å². The number of carboxylic acid groups (broad SMARTS) is 1. The van der Waals surface area contributed by atoms with Crippen molar-refractivity contribution in [1.82, 2.24) is 4.90 Å². The number of likely N-dealkylation sites (tertiary alicyclic amines) is 1. The lowest BCUT2D eigenvalue weighted by Crippen LogP contribution is -2.49. The summed E-state index contributed by atoms with van der Waals surface area (Å²) in [5.74, 6) is -0.379. The zero-order chi connectivity index (χ0) is 24.5. The summed E-state index contributed by atoms with van der Waals surface area (Å²) in [5.41, 5.74) is 2.28. The van der Waals surface area contributed by atoms with Gasteiger partial charge in [-0.3, -0.25) is 9.69 Å². The number of piperidine rings is 1. The predicted octanol–water partition coefficient (Wildman–Crippen LogP) is 5.78. The summed E-state index contributed by atoms with van der Waals surface area (Å²) in [6.45, 7) is 1.44. The van der Waals surface area contributed by atoms with Gasteiger partial charge in [-0.15, -0.1) is 0 Å². The van der Waals surface area contributed by atoms with Gasteiger partial charge in [-0.2, -0.15) is 13.2 Å². The first kappa shape index (κ1) is 24.2. The molecule has 2 N–H and O–H groups in total. The Balaban J connectivity index is 1.51. The van der Waals surface area contributed by atoms with E-state index in [-0.39, 0.29) is 5.91 Å². The minimum absolute atomic E-state index is 0.331. The molecule has 182 valence electrons. The number of carbonyl (C=O) groups excluding carboxylic acids is 1. The molecule has 0 bridgehead atoms. The molecule has 1 atom stereocenters. The highest BCUT2D eigenvalue weighted by Crippen LogP contribution is 2.38. The van der Waals surface area contributed by atoms with E-state index in [0.717, 1.165) is 54.6 Å². The normalized spacial score (nSPS) is 18.4. The van der Waals surface area contributed by atoms with Crippen LogP contribution in [0.3, 0.4) is 0 Å². The number of benzene rings is 2. The van der Waals surface area contributed by atoms with Gasteiger partial charge in [0.1, 0.15) is 6.04 Å². The van der Waals surface area contributed by atoms with Crippen LogP contribution in [0.15, 0.2) is 36.4 Å². The van der Waals surface area contributed by atoms with Crippen molar-refractivity contribution in [2.75, 3.05) is 23.3 Å². The number of fused-ring (bicyclic) bond motifs is 1. The van der Waals surface area contributed by atoms with Gasteiger partial charge >= 0.3 is 12.3 Å². The summed E-state index contributed by atoms with van der Waals surface area (Å²) in [6.07, 6.45) is -1.93. The van der Waals surface area contributed by atoms with E-state index in [2.05, 4.69) is 5.32 Å². The monoisotopic (exact) mass is 495 g/mol. The molecule has 4 rings (SSSR count). The first-order valence-corrected chi connectivity index (χ1v) is 11.5. The number of alkyl halides is 3. The lowest BCUT2D eigenvalue weighted by Gasteiger charge is -2.34. The number of rotatable bonds is 4. The number of hydrogen-bond donors (Lipinski definition) is 2. The second kappa shape index (κ2) is 9.74. The van der Waals surface area contributed by atoms with Crippen LogP contribution >= 0.6 is 11.6 Å². The van der Waals surface area contributed by atoms with Gasteiger partial charge < -0.3 is 15.3 Å². The molecule has 0 aliphatic carbocycles. The number of nitrogens with zero attached hydrogens (tertiary/aromatic N) is 2. The molecule has 0 spiro atoms. The molecule has 0 saturated carbocycles. The molecule has 1 saturated heterocycles. The third-order valence-electron chi connectivity index (χ3n) is 6.31. The van der Waals surface area contributed by atoms with Crippen molar-refractivity contribution in [2.45, 2.75) is 50.9 Å². The molecule has 6 nitrogen and oxygen atoms in total. The SMILES string of the molecule is O=C(Nc1cc(Cl)c2c(c1)CCCN2Cc1ccc(C(F)(F)F)cc1)[C@H]1CCCCN1C(=O)O. The first-order valence-electron chi connectivity index (χ1n) is 11.2. The maximum Gasteiger partial charge on any atom is 0.416 e. The van der Waals surface area contributed by atoms with Crippen molar-refractivity contribution in [3.05, 3.63) is 58.1 Å². The summed E-state index contributed by atoms with van der Waals surface area (Å²) < 4.78 is 38.5. The number of aryl methyl sites for hydroxylation is 1. The number of nitrogens with one attached hydrogen (secondary N) is 1. The summed E-state index contributed by atoms with van der Waals surface area (Å²) in [4.78, 5) is 27.5. The van der Waals surface area contributed by atoms with Crippen molar-refractivity contribution >= 4 is 35.0 Å². The highest BCUT2D eigenvalue weighted by atomic mass is 35.5. The molecular weight excluding hydrogens is 471 g/mol. The van der Waals surface area contributed by atoms with Gasteiger partial charge in [0.2, 0.25) is 5.91 Å². The van der Waals surface area contributed by atoms with Crippen molar-refractivity contribution in [3.63, 3.8) is 0 Å². The summed E-state index contributed by atoms with van der Waals surface area (Å²) in [7, 11) is 0. The summed E-state index contributed by atoms with van der Waals surface area (Å²) in [6, 6.07) is 7.83. The number of carbonyl (C=O) groups is 2. The van der Waals surface area contributed by atoms with Crippen LogP contribution < -0.4 is 10.2 Å². The number of amides is 2. The average molecular weight is 496 g/mol. The summed E-state index contributed by atoms with van der Waals surface area (Å²) in [5, 5.41) is 12.6. The average Bonchev–Trinajstić information content (AvgIpc) is 2.78. The van der Waals surface area contributed by atoms with E-state index in [1.54, 1.807) is 6.07 Å². The molecule has 1 fully saturated rings. The molecular formula is C24H25ClF3N3O3. The molecule has 2 aromatic carbocycles. The van der Waals surface area contributed by atoms with Crippen LogP contribution in [0.25, 0.3) is 0 Å². The zero-order valence-electron chi connectivity index (χ0n) is 18.4. The van der Waals surface area contributed by atoms with Crippen molar-refractivity contribution in [3.8, 4) is 0 Å². The van der Waals surface area contributed by atoms with Gasteiger partial charge in [0, 0.05) is 25.3 Å². The van der Waals surface area contributed by atoms with Crippen LogP contribution in [-0.4, -0.2) is 41.1 Å². The fourth-order valence-corrected chi connectivity index (χ4v) is 5.04. The van der Waals surface area contributed by atoms with Crippen molar-refractivity contribution < 1.29 is 27.9 Å². The topological polar surface area (TPSA) is 72.9 Å². The van der Waals surface area contributed by atoms with Gasteiger partial charge in [0.05, 0.1) is 16.3 Å². The lowest BCUT2D eigenvalue weighted by molar-refractivity contribution is -0.137. The highest BCUT2D eigenvalue weighted by Gasteiger charge is 2.33. The van der Waals surface area contributed by atoms with E-state index in [0.29, 0.717) is 36.8 Å². The molecule has 34 heavy (non-hydrogen) atoms. The Kier molecular flexibility index (Phi) is 6.93. The molecule has 0 aromatic heterocycles. The Hall–Kier alpha value is -2.94. The molecule has 0 unspecified atom stereocenters. The van der Waals surface area contributed by atoms with Crippen LogP contribution in [0.5, 0.6) is 0 Å². The predicted molar refractivity (Wildman–Crippen MR) is 123 cm³/mol. The van der Waals surface area contributed by atoms with Crippen LogP contribution in [0.4, 0.5) is 29.3 Å². The molecule has 0 radical (unpaired) electrons. The molecule has 2 aliphatic heterocycles. The number of anilines is 2. The maximum absolute atomic E-state index is 12.8. The van der Waals surface area contributed by atoms with Crippen LogP contribution in [-0.2, 0) is 23.9 Å². The Bertz CT molecular complexity index is 1080. The third kappa shape index (κ3) is 5.24. The lowest BCUT2D eigenvalue weighted by atomic mass is 9.99. The molecule has 2 heterocycles. The number of halogens is 4. The third-order valence-corrected chi connectivity index (χ3v) is 6.59. The quantitative estimate of drug-likeness (QED) is 0.563. The molecule has 2 aromatic rings. The van der Waals surface area contributed by atoms with E-state index in [1.807, 2.05) is 11.0 Å². The van der Waals surface area contributed by atoms with E-state index >= 15 is 0 Å². The second-order valence-corrected chi connectivity index (χ2v) is 9.07. The fourth-order valence-electron chi connectivity index (χ4n) is 4.68. The molecule has 10 heteroatoms. The number of hydrogen-bond acceptors (Lipinski definition) is 3. The largest absolute Gasteiger partial charge is 0.465 e. The summed E-state index contributed by atoms with van der Waals surface area (Å²) >= 11 is 6.60. The van der Waals surface area contributed by atoms with Gasteiger partial charge in [-0.05, 0) is 67.5 Å². The van der Waals surface area contributed by atoms with E-state index < -0.39 is 23.9 Å². The first-order chi connectivity index (χ1) is 16.1. The Morgan fingerprint density at radius 1 is 1.09 bits per heavy atom. The smallest absolute Gasteiger partial charge is 0.416 e. The minimum Gasteiger partial charge on any atom is -0.465 e. The van der Waals surface area contributed by atoms with Crippen LogP contribution in [0.2, 0.25) is 5.02 Å². The molecule has 2 aliphatic rings. The Morgan fingerprint density at radius 3 is 2.50 bits per heavy atom. The second-order valence-electron chi connectivity index (χ2n) is 8.66. The molecule has 2 amide bonds. The van der Waals surface area contributed by atoms with E-state index in [1.165, 1.54) is 17.0 Å². The Labute approximate surface area is 200 Å². The highest BCUT2D eigenvalue weighted by molar-refractivity contribution is 6.34. The Morgan fingerprint density at radius 2 is 1.82 bits per heavy atom. The van der Waals surface area contributed by atoms with Gasteiger partial charge in [-0.25, -0.2) is 4.79 Å².